The van der Waals surface area contributed by atoms with E-state index in [1.54, 1.807) is 12.1 Å². The van der Waals surface area contributed by atoms with Crippen LogP contribution in [0.1, 0.15) is 16.7 Å². The fourth-order valence-corrected chi connectivity index (χ4v) is 3.73. The first-order valence-electron chi connectivity index (χ1n) is 10.7. The van der Waals surface area contributed by atoms with Gasteiger partial charge in [-0.15, -0.1) is 0 Å². The summed E-state index contributed by atoms with van der Waals surface area (Å²) in [6.07, 6.45) is 0.471. The first kappa shape index (κ1) is 25.1. The molecule has 0 radical (unpaired) electrons. The monoisotopic (exact) mass is 477 g/mol. The van der Waals surface area contributed by atoms with E-state index >= 15 is 0 Å². The molecule has 0 amide bonds. The predicted molar refractivity (Wildman–Crippen MR) is 133 cm³/mol. The van der Waals surface area contributed by atoms with Crippen LogP contribution in [0.2, 0.25) is 0 Å². The summed E-state index contributed by atoms with van der Waals surface area (Å²) in [5.74, 6) is -0.373. The number of nitrogens with two attached hydrogens (primary N) is 1. The van der Waals surface area contributed by atoms with Gasteiger partial charge in [0.05, 0.1) is 4.90 Å². The van der Waals surface area contributed by atoms with Gasteiger partial charge in [0.1, 0.15) is 12.6 Å². The summed E-state index contributed by atoms with van der Waals surface area (Å²) in [5.41, 5.74) is 8.93. The second kappa shape index (κ2) is 11.6. The molecule has 0 heterocycles. The van der Waals surface area contributed by atoms with E-state index in [0.717, 1.165) is 22.1 Å². The highest BCUT2D eigenvalue weighted by Gasteiger charge is 2.16. The van der Waals surface area contributed by atoms with Gasteiger partial charge in [-0.25, -0.2) is 0 Å². The lowest BCUT2D eigenvalue weighted by Crippen LogP contribution is -2.34. The number of hydrogen-bond acceptors (Lipinski definition) is 5. The second-order valence-corrected chi connectivity index (χ2v) is 9.30. The topological polar surface area (TPSA) is 107 Å². The SMILES string of the molecule is Cc1ccc(S(=O)(=O)O)cc1.N[C@@H](Cc1ccc2ccccc2c1)C(=O)OCc1ccccc1. The van der Waals surface area contributed by atoms with Crippen LogP contribution in [0, 0.1) is 6.92 Å². The Morgan fingerprint density at radius 2 is 1.47 bits per heavy atom. The van der Waals surface area contributed by atoms with Crippen LogP contribution in [0.5, 0.6) is 0 Å². The first-order valence-corrected chi connectivity index (χ1v) is 12.1. The van der Waals surface area contributed by atoms with Gasteiger partial charge in [-0.1, -0.05) is 90.5 Å². The van der Waals surface area contributed by atoms with Crippen molar-refractivity contribution in [3.05, 3.63) is 114 Å². The molecular weight excluding hydrogens is 450 g/mol. The standard InChI is InChI=1S/C20H19NO2.C7H8O3S/c21-19(20(22)23-14-15-6-2-1-3-7-15)13-16-10-11-17-8-4-5-9-18(17)12-16;1-6-2-4-7(5-3-6)11(8,9)10/h1-12,19H,13-14,21H2;2-5H,1H3,(H,8,9,10)/t19-;/m0./s1. The van der Waals surface area contributed by atoms with Crippen molar-refractivity contribution in [1.82, 2.24) is 0 Å². The summed E-state index contributed by atoms with van der Waals surface area (Å²) < 4.78 is 34.8. The molecule has 0 fully saturated rings. The number of carbonyl (C=O) groups is 1. The Morgan fingerprint density at radius 3 is 2.12 bits per heavy atom. The highest BCUT2D eigenvalue weighted by Crippen LogP contribution is 2.17. The molecule has 7 heteroatoms. The first-order chi connectivity index (χ1) is 16.2. The van der Waals surface area contributed by atoms with E-state index in [1.807, 2.05) is 61.5 Å². The third kappa shape index (κ3) is 7.52. The number of ether oxygens (including phenoxy) is 1. The van der Waals surface area contributed by atoms with Gasteiger partial charge in [0.25, 0.3) is 10.1 Å². The molecule has 0 aromatic heterocycles. The number of hydrogen-bond donors (Lipinski definition) is 2. The average molecular weight is 478 g/mol. The van der Waals surface area contributed by atoms with Gasteiger partial charge in [-0.05, 0) is 47.4 Å². The van der Waals surface area contributed by atoms with E-state index in [9.17, 15) is 13.2 Å². The maximum Gasteiger partial charge on any atom is 0.323 e. The molecule has 3 N–H and O–H groups in total. The minimum atomic E-state index is -4.02. The molecule has 176 valence electrons. The molecule has 0 saturated carbocycles. The minimum Gasteiger partial charge on any atom is -0.460 e. The Bertz CT molecular complexity index is 1340. The quantitative estimate of drug-likeness (QED) is 0.308. The molecule has 0 unspecified atom stereocenters. The molecule has 0 aliphatic carbocycles. The zero-order chi connectivity index (χ0) is 24.6. The molecule has 6 nitrogen and oxygen atoms in total. The number of benzene rings is 4. The summed E-state index contributed by atoms with van der Waals surface area (Å²) in [6.45, 7) is 2.10. The smallest absolute Gasteiger partial charge is 0.323 e. The van der Waals surface area contributed by atoms with Crippen LogP contribution < -0.4 is 5.73 Å². The molecule has 0 spiro atoms. The van der Waals surface area contributed by atoms with E-state index < -0.39 is 16.2 Å². The summed E-state index contributed by atoms with van der Waals surface area (Å²) in [5, 5.41) is 2.33. The Morgan fingerprint density at radius 1 is 0.853 bits per heavy atom. The van der Waals surface area contributed by atoms with E-state index in [-0.39, 0.29) is 17.5 Å². The number of esters is 1. The van der Waals surface area contributed by atoms with Crippen molar-refractivity contribution in [1.29, 1.82) is 0 Å². The van der Waals surface area contributed by atoms with Crippen molar-refractivity contribution < 1.29 is 22.5 Å². The summed E-state index contributed by atoms with van der Waals surface area (Å²) in [7, 11) is -4.02. The van der Waals surface area contributed by atoms with Crippen molar-refractivity contribution in [3.63, 3.8) is 0 Å². The number of fused-ring (bicyclic) bond motifs is 1. The molecule has 0 aliphatic rings. The van der Waals surface area contributed by atoms with Crippen LogP contribution in [0.25, 0.3) is 10.8 Å². The summed E-state index contributed by atoms with van der Waals surface area (Å²) in [4.78, 5) is 12.0. The van der Waals surface area contributed by atoms with E-state index in [4.69, 9.17) is 15.0 Å². The normalized spacial score (nSPS) is 11.9. The van der Waals surface area contributed by atoms with Crippen molar-refractivity contribution >= 4 is 26.9 Å². The van der Waals surface area contributed by atoms with E-state index in [2.05, 4.69) is 18.2 Å². The maximum atomic E-state index is 12.0. The third-order valence-electron chi connectivity index (χ3n) is 5.12. The lowest BCUT2D eigenvalue weighted by atomic mass is 10.0. The number of aryl methyl sites for hydroxylation is 1. The Balaban J connectivity index is 0.000000248. The lowest BCUT2D eigenvalue weighted by molar-refractivity contribution is -0.146. The van der Waals surface area contributed by atoms with Crippen LogP contribution >= 0.6 is 0 Å². The fourth-order valence-electron chi connectivity index (χ4n) is 3.25. The van der Waals surface area contributed by atoms with Gasteiger partial charge in [0, 0.05) is 0 Å². The molecule has 4 rings (SSSR count). The van der Waals surface area contributed by atoms with Crippen molar-refractivity contribution in [3.8, 4) is 0 Å². The molecule has 0 bridgehead atoms. The van der Waals surface area contributed by atoms with E-state index in [1.165, 1.54) is 17.5 Å². The van der Waals surface area contributed by atoms with Gasteiger partial charge in [-0.2, -0.15) is 8.42 Å². The molecule has 34 heavy (non-hydrogen) atoms. The van der Waals surface area contributed by atoms with Crippen LogP contribution in [0.15, 0.2) is 102 Å². The highest BCUT2D eigenvalue weighted by atomic mass is 32.2. The summed E-state index contributed by atoms with van der Waals surface area (Å²) >= 11 is 0. The molecular formula is C27H27NO5S. The van der Waals surface area contributed by atoms with Crippen molar-refractivity contribution in [2.45, 2.75) is 30.9 Å². The molecule has 1 atom stereocenters. The molecule has 4 aromatic rings. The molecule has 4 aromatic carbocycles. The van der Waals surface area contributed by atoms with Crippen LogP contribution in [0.3, 0.4) is 0 Å². The minimum absolute atomic E-state index is 0.0666. The Hall–Kier alpha value is -3.52. The number of rotatable bonds is 6. The largest absolute Gasteiger partial charge is 0.460 e. The predicted octanol–water partition coefficient (Wildman–Crippen LogP) is 4.69. The molecule has 0 saturated heterocycles. The molecule has 0 aliphatic heterocycles. The Labute approximate surface area is 199 Å². The zero-order valence-electron chi connectivity index (χ0n) is 18.8. The number of carbonyl (C=O) groups excluding carboxylic acids is 1. The van der Waals surface area contributed by atoms with Crippen molar-refractivity contribution in [2.24, 2.45) is 5.73 Å². The zero-order valence-corrected chi connectivity index (χ0v) is 19.6. The second-order valence-electron chi connectivity index (χ2n) is 7.87. The van der Waals surface area contributed by atoms with E-state index in [0.29, 0.717) is 6.42 Å². The lowest BCUT2D eigenvalue weighted by Gasteiger charge is -2.12. The van der Waals surface area contributed by atoms with Gasteiger partial charge >= 0.3 is 5.97 Å². The maximum absolute atomic E-state index is 12.0. The van der Waals surface area contributed by atoms with Crippen molar-refractivity contribution in [2.75, 3.05) is 0 Å². The van der Waals surface area contributed by atoms with Gasteiger partial charge in [0.15, 0.2) is 0 Å². The Kier molecular flexibility index (Phi) is 8.54. The van der Waals surface area contributed by atoms with Crippen LogP contribution in [-0.2, 0) is 32.7 Å². The van der Waals surface area contributed by atoms with Gasteiger partial charge in [-0.3, -0.25) is 9.35 Å². The van der Waals surface area contributed by atoms with Crippen LogP contribution in [-0.4, -0.2) is 25.0 Å². The average Bonchev–Trinajstić information content (AvgIpc) is 2.83. The fraction of sp³-hybridized carbons (Fsp3) is 0.148. The van der Waals surface area contributed by atoms with Gasteiger partial charge in [0.2, 0.25) is 0 Å². The highest BCUT2D eigenvalue weighted by molar-refractivity contribution is 7.85. The third-order valence-corrected chi connectivity index (χ3v) is 5.98. The summed E-state index contributed by atoms with van der Waals surface area (Å²) in [6, 6.07) is 29.2. The van der Waals surface area contributed by atoms with Gasteiger partial charge < -0.3 is 10.5 Å². The van der Waals surface area contributed by atoms with Crippen LogP contribution in [0.4, 0.5) is 0 Å².